The van der Waals surface area contributed by atoms with Crippen molar-refractivity contribution in [3.05, 3.63) is 29.0 Å². The molecule has 2 atom stereocenters. The molecule has 0 aliphatic carbocycles. The van der Waals surface area contributed by atoms with Gasteiger partial charge in [-0.05, 0) is 24.6 Å². The summed E-state index contributed by atoms with van der Waals surface area (Å²) in [5.74, 6) is -2.30. The monoisotopic (exact) mass is 434 g/mol. The minimum Gasteiger partial charge on any atom is -0.481 e. The van der Waals surface area contributed by atoms with Crippen LogP contribution in [0.25, 0.3) is 0 Å². The van der Waals surface area contributed by atoms with Crippen LogP contribution in [0.5, 0.6) is 0 Å². The van der Waals surface area contributed by atoms with Gasteiger partial charge in [-0.1, -0.05) is 23.4 Å². The lowest BCUT2D eigenvalue weighted by Gasteiger charge is -2.24. The van der Waals surface area contributed by atoms with E-state index in [-0.39, 0.29) is 41.0 Å². The highest BCUT2D eigenvalue weighted by Gasteiger charge is 2.49. The summed E-state index contributed by atoms with van der Waals surface area (Å²) >= 11 is 6.89. The summed E-state index contributed by atoms with van der Waals surface area (Å²) in [5.41, 5.74) is 0.367. The van der Waals surface area contributed by atoms with E-state index in [1.54, 1.807) is 11.0 Å². The van der Waals surface area contributed by atoms with Gasteiger partial charge in [0.2, 0.25) is 5.91 Å². The summed E-state index contributed by atoms with van der Waals surface area (Å²) in [4.78, 5) is 28.2. The van der Waals surface area contributed by atoms with Crippen molar-refractivity contribution in [2.45, 2.75) is 30.6 Å². The fourth-order valence-corrected chi connectivity index (χ4v) is 7.10. The molecular formula is C16H16ClFN2O5S2. The van der Waals surface area contributed by atoms with Gasteiger partial charge in [0.05, 0.1) is 22.6 Å². The molecule has 2 heterocycles. The molecule has 2 saturated heterocycles. The van der Waals surface area contributed by atoms with Gasteiger partial charge in [-0.3, -0.25) is 9.59 Å². The van der Waals surface area contributed by atoms with Gasteiger partial charge in [-0.2, -0.15) is 4.99 Å². The number of amidine groups is 1. The second-order valence-electron chi connectivity index (χ2n) is 6.30. The summed E-state index contributed by atoms with van der Waals surface area (Å²) in [6.07, 6.45) is -0.0153. The predicted molar refractivity (Wildman–Crippen MR) is 102 cm³/mol. The third-order valence-electron chi connectivity index (χ3n) is 4.25. The van der Waals surface area contributed by atoms with Crippen molar-refractivity contribution in [3.63, 3.8) is 0 Å². The molecule has 1 amide bonds. The Bertz CT molecular complexity index is 921. The quantitative estimate of drug-likeness (QED) is 0.758. The van der Waals surface area contributed by atoms with E-state index in [1.807, 2.05) is 0 Å². The zero-order valence-electron chi connectivity index (χ0n) is 14.0. The number of anilines is 1. The number of sulfone groups is 1. The number of thioether (sulfide) groups is 1. The zero-order chi connectivity index (χ0) is 19.8. The number of amides is 1. The average Bonchev–Trinajstić information content (AvgIpc) is 3.00. The van der Waals surface area contributed by atoms with E-state index in [2.05, 4.69) is 4.99 Å². The van der Waals surface area contributed by atoms with E-state index in [4.69, 9.17) is 16.7 Å². The standard InChI is InChI=1S/C16H16ClFN2O5S2/c17-10-5-4-9(6-11(10)18)20-12-7-27(24,25)8-13(12)26-16(20)19-14(21)2-1-3-15(22)23/h4-6,12-13H,1-3,7-8H2,(H,22,23). The smallest absolute Gasteiger partial charge is 0.303 e. The number of carbonyl (C=O) groups is 2. The van der Waals surface area contributed by atoms with Crippen LogP contribution in [0.2, 0.25) is 5.02 Å². The molecule has 11 heteroatoms. The van der Waals surface area contributed by atoms with Crippen LogP contribution in [0.4, 0.5) is 10.1 Å². The summed E-state index contributed by atoms with van der Waals surface area (Å²) in [7, 11) is -3.23. The van der Waals surface area contributed by atoms with Crippen LogP contribution >= 0.6 is 23.4 Å². The second-order valence-corrected chi connectivity index (χ2v) is 10.1. The van der Waals surface area contributed by atoms with E-state index in [1.165, 1.54) is 23.9 Å². The average molecular weight is 435 g/mol. The molecule has 1 aromatic carbocycles. The van der Waals surface area contributed by atoms with Crippen molar-refractivity contribution in [2.24, 2.45) is 4.99 Å². The molecule has 2 fully saturated rings. The molecule has 7 nitrogen and oxygen atoms in total. The maximum absolute atomic E-state index is 13.9. The fourth-order valence-electron chi connectivity index (χ4n) is 3.05. The summed E-state index contributed by atoms with van der Waals surface area (Å²) in [5, 5.41) is 8.57. The van der Waals surface area contributed by atoms with Gasteiger partial charge in [-0.15, -0.1) is 0 Å². The molecule has 1 aromatic rings. The third-order valence-corrected chi connectivity index (χ3v) is 7.77. The van der Waals surface area contributed by atoms with Gasteiger partial charge >= 0.3 is 5.97 Å². The molecule has 0 spiro atoms. The highest BCUT2D eigenvalue weighted by Crippen LogP contribution is 2.41. The van der Waals surface area contributed by atoms with Crippen molar-refractivity contribution in [2.75, 3.05) is 16.4 Å². The molecule has 0 radical (unpaired) electrons. The number of carboxylic acid groups (broad SMARTS) is 1. The maximum atomic E-state index is 13.9. The Morgan fingerprint density at radius 3 is 2.74 bits per heavy atom. The number of halogens is 2. The number of rotatable bonds is 5. The lowest BCUT2D eigenvalue weighted by Crippen LogP contribution is -2.37. The number of aliphatic carboxylic acids is 1. The number of carboxylic acids is 1. The Labute approximate surface area is 164 Å². The molecular weight excluding hydrogens is 419 g/mol. The Kier molecular flexibility index (Phi) is 5.78. The van der Waals surface area contributed by atoms with Crippen LogP contribution in [0, 0.1) is 5.82 Å². The van der Waals surface area contributed by atoms with E-state index in [0.717, 1.165) is 0 Å². The van der Waals surface area contributed by atoms with Crippen LogP contribution in [0.3, 0.4) is 0 Å². The fraction of sp³-hybridized carbons (Fsp3) is 0.438. The van der Waals surface area contributed by atoms with Gasteiger partial charge in [-0.25, -0.2) is 12.8 Å². The summed E-state index contributed by atoms with van der Waals surface area (Å²) in [6.45, 7) is 0. The first kappa shape index (κ1) is 20.1. The number of benzene rings is 1. The van der Waals surface area contributed by atoms with E-state index in [0.29, 0.717) is 10.9 Å². The SMILES string of the molecule is O=C(O)CCCC(=O)N=C1SC2CS(=O)(=O)CC2N1c1ccc(Cl)c(F)c1. The zero-order valence-corrected chi connectivity index (χ0v) is 16.4. The number of aliphatic imine (C=N–C) groups is 1. The van der Waals surface area contributed by atoms with Gasteiger partial charge in [0.25, 0.3) is 0 Å². The third kappa shape index (κ3) is 4.61. The molecule has 2 unspecified atom stereocenters. The highest BCUT2D eigenvalue weighted by atomic mass is 35.5. The van der Waals surface area contributed by atoms with Crippen molar-refractivity contribution in [3.8, 4) is 0 Å². The van der Waals surface area contributed by atoms with E-state index in [9.17, 15) is 22.4 Å². The first-order valence-corrected chi connectivity index (χ1v) is 11.2. The molecule has 0 aromatic heterocycles. The molecule has 3 rings (SSSR count). The Balaban J connectivity index is 1.88. The minimum absolute atomic E-state index is 0.0349. The molecule has 2 aliphatic rings. The second kappa shape index (κ2) is 7.76. The van der Waals surface area contributed by atoms with Gasteiger partial charge < -0.3 is 10.0 Å². The van der Waals surface area contributed by atoms with Crippen LogP contribution in [-0.4, -0.2) is 53.4 Å². The first-order chi connectivity index (χ1) is 12.7. The summed E-state index contributed by atoms with van der Waals surface area (Å²) in [6, 6.07) is 3.63. The van der Waals surface area contributed by atoms with Crippen LogP contribution in [-0.2, 0) is 19.4 Å². The highest BCUT2D eigenvalue weighted by molar-refractivity contribution is 8.16. The maximum Gasteiger partial charge on any atom is 0.303 e. The minimum atomic E-state index is -3.23. The van der Waals surface area contributed by atoms with Gasteiger partial charge in [0.1, 0.15) is 5.82 Å². The van der Waals surface area contributed by atoms with E-state index >= 15 is 0 Å². The van der Waals surface area contributed by atoms with Gasteiger partial charge in [0.15, 0.2) is 15.0 Å². The van der Waals surface area contributed by atoms with E-state index < -0.39 is 33.6 Å². The normalized spacial score (nSPS) is 25.0. The van der Waals surface area contributed by atoms with Crippen molar-refractivity contribution in [1.29, 1.82) is 0 Å². The number of hydrogen-bond donors (Lipinski definition) is 1. The Morgan fingerprint density at radius 1 is 1.33 bits per heavy atom. The van der Waals surface area contributed by atoms with Crippen LogP contribution in [0.1, 0.15) is 19.3 Å². The molecule has 2 aliphatic heterocycles. The number of fused-ring (bicyclic) bond motifs is 1. The molecule has 0 bridgehead atoms. The Hall–Kier alpha value is -1.65. The van der Waals surface area contributed by atoms with Crippen molar-refractivity contribution in [1.82, 2.24) is 0 Å². The lowest BCUT2D eigenvalue weighted by molar-refractivity contribution is -0.137. The predicted octanol–water partition coefficient (Wildman–Crippen LogP) is 2.34. The lowest BCUT2D eigenvalue weighted by atomic mass is 10.2. The molecule has 0 saturated carbocycles. The largest absolute Gasteiger partial charge is 0.481 e. The number of nitrogens with zero attached hydrogens (tertiary/aromatic N) is 2. The number of hydrogen-bond acceptors (Lipinski definition) is 5. The molecule has 146 valence electrons. The Morgan fingerprint density at radius 2 is 2.07 bits per heavy atom. The first-order valence-electron chi connectivity index (χ1n) is 8.11. The van der Waals surface area contributed by atoms with Gasteiger partial charge in [0, 0.05) is 23.8 Å². The van der Waals surface area contributed by atoms with Crippen LogP contribution in [0.15, 0.2) is 23.2 Å². The van der Waals surface area contributed by atoms with Crippen molar-refractivity contribution >= 4 is 55.9 Å². The number of carbonyl (C=O) groups excluding carboxylic acids is 1. The molecule has 1 N–H and O–H groups in total. The summed E-state index contributed by atoms with van der Waals surface area (Å²) < 4.78 is 37.9. The molecule has 27 heavy (non-hydrogen) atoms. The van der Waals surface area contributed by atoms with Crippen molar-refractivity contribution < 1.29 is 27.5 Å². The topological polar surface area (TPSA) is 104 Å². The van der Waals surface area contributed by atoms with Crippen LogP contribution < -0.4 is 4.90 Å².